The second-order valence-electron chi connectivity index (χ2n) is 9.63. The summed E-state index contributed by atoms with van der Waals surface area (Å²) >= 11 is 1.70. The second-order valence-corrected chi connectivity index (χ2v) is 10.8. The highest BCUT2D eigenvalue weighted by Gasteiger charge is 2.34. The summed E-state index contributed by atoms with van der Waals surface area (Å²) < 4.78 is 5.31. The SMILES string of the molecule is CCCCCCN1C(=O)C(=NNC(=O)N2CCOCC2)c2cc(SCCCc3ccc(C(=O)O)cc3)ccc21. The first-order valence-corrected chi connectivity index (χ1v) is 14.6. The van der Waals surface area contributed by atoms with Crippen LogP contribution in [0, 0.1) is 0 Å². The predicted molar refractivity (Wildman–Crippen MR) is 153 cm³/mol. The van der Waals surface area contributed by atoms with Gasteiger partial charge in [0.1, 0.15) is 0 Å². The molecule has 208 valence electrons. The van der Waals surface area contributed by atoms with Crippen molar-refractivity contribution in [2.24, 2.45) is 5.10 Å². The van der Waals surface area contributed by atoms with Crippen LogP contribution >= 0.6 is 11.8 Å². The number of aryl methyl sites for hydroxylation is 1. The Morgan fingerprint density at radius 1 is 1.05 bits per heavy atom. The van der Waals surface area contributed by atoms with E-state index in [1.165, 1.54) is 0 Å². The van der Waals surface area contributed by atoms with Crippen LogP contribution in [0.1, 0.15) is 60.5 Å². The Balaban J connectivity index is 1.42. The molecule has 10 heteroatoms. The van der Waals surface area contributed by atoms with Gasteiger partial charge in [0.2, 0.25) is 0 Å². The highest BCUT2D eigenvalue weighted by atomic mass is 32.2. The van der Waals surface area contributed by atoms with Crippen LogP contribution in [0.3, 0.4) is 0 Å². The molecule has 0 radical (unpaired) electrons. The lowest BCUT2D eigenvalue weighted by molar-refractivity contribution is -0.112. The summed E-state index contributed by atoms with van der Waals surface area (Å²) in [5, 5.41) is 13.4. The quantitative estimate of drug-likeness (QED) is 0.223. The van der Waals surface area contributed by atoms with Crippen LogP contribution in [0.25, 0.3) is 0 Å². The summed E-state index contributed by atoms with van der Waals surface area (Å²) in [5.74, 6) is -0.236. The zero-order chi connectivity index (χ0) is 27.6. The van der Waals surface area contributed by atoms with Gasteiger partial charge in [0.05, 0.1) is 24.5 Å². The Morgan fingerprint density at radius 2 is 1.82 bits per heavy atom. The van der Waals surface area contributed by atoms with Gasteiger partial charge in [0.15, 0.2) is 5.71 Å². The van der Waals surface area contributed by atoms with E-state index in [1.54, 1.807) is 33.7 Å². The van der Waals surface area contributed by atoms with Crippen molar-refractivity contribution in [2.45, 2.75) is 50.3 Å². The van der Waals surface area contributed by atoms with E-state index in [4.69, 9.17) is 9.84 Å². The lowest BCUT2D eigenvalue weighted by Gasteiger charge is -2.25. The maximum atomic E-state index is 13.4. The number of hydrazone groups is 1. The number of rotatable bonds is 12. The van der Waals surface area contributed by atoms with Crippen molar-refractivity contribution >= 4 is 41.1 Å². The molecule has 0 unspecified atom stereocenters. The molecule has 0 bridgehead atoms. The molecule has 2 heterocycles. The second kappa shape index (κ2) is 14.1. The zero-order valence-electron chi connectivity index (χ0n) is 22.4. The van der Waals surface area contributed by atoms with Gasteiger partial charge in [-0.1, -0.05) is 38.3 Å². The van der Waals surface area contributed by atoms with Crippen LogP contribution in [0.4, 0.5) is 10.5 Å². The fraction of sp³-hybridized carbons (Fsp3) is 0.448. The molecular weight excluding hydrogens is 516 g/mol. The molecule has 1 saturated heterocycles. The third-order valence-electron chi connectivity index (χ3n) is 6.84. The maximum Gasteiger partial charge on any atom is 0.337 e. The summed E-state index contributed by atoms with van der Waals surface area (Å²) in [7, 11) is 0. The normalized spacial score (nSPS) is 16.0. The summed E-state index contributed by atoms with van der Waals surface area (Å²) in [6.07, 6.45) is 6.00. The first-order chi connectivity index (χ1) is 19.0. The number of aromatic carboxylic acids is 1. The Labute approximate surface area is 233 Å². The summed E-state index contributed by atoms with van der Waals surface area (Å²) in [6.45, 7) is 4.75. The van der Waals surface area contributed by atoms with Gasteiger partial charge in [-0.2, -0.15) is 5.10 Å². The third kappa shape index (κ3) is 7.60. The molecule has 39 heavy (non-hydrogen) atoms. The number of unbranched alkanes of at least 4 members (excludes halogenated alkanes) is 3. The molecule has 0 atom stereocenters. The summed E-state index contributed by atoms with van der Waals surface area (Å²) in [6, 6.07) is 12.7. The van der Waals surface area contributed by atoms with Crippen molar-refractivity contribution < 1.29 is 24.2 Å². The number of carboxylic acid groups (broad SMARTS) is 1. The van der Waals surface area contributed by atoms with Crippen molar-refractivity contribution in [1.29, 1.82) is 0 Å². The summed E-state index contributed by atoms with van der Waals surface area (Å²) in [5.41, 5.74) is 5.83. The van der Waals surface area contributed by atoms with Crippen LogP contribution < -0.4 is 10.3 Å². The van der Waals surface area contributed by atoms with E-state index in [0.717, 1.165) is 66.0 Å². The van der Waals surface area contributed by atoms with E-state index in [9.17, 15) is 14.4 Å². The summed E-state index contributed by atoms with van der Waals surface area (Å²) in [4.78, 5) is 41.5. The van der Waals surface area contributed by atoms with E-state index in [2.05, 4.69) is 17.5 Å². The van der Waals surface area contributed by atoms with Gasteiger partial charge in [-0.3, -0.25) is 4.79 Å². The molecule has 4 rings (SSSR count). The van der Waals surface area contributed by atoms with Crippen LogP contribution in [-0.2, 0) is 16.0 Å². The number of hydrogen-bond acceptors (Lipinski definition) is 6. The van der Waals surface area contributed by atoms with Crippen LogP contribution in [0.2, 0.25) is 0 Å². The van der Waals surface area contributed by atoms with Gasteiger partial charge in [-0.15, -0.1) is 11.8 Å². The molecule has 1 fully saturated rings. The minimum Gasteiger partial charge on any atom is -0.478 e. The fourth-order valence-corrected chi connectivity index (χ4v) is 5.52. The van der Waals surface area contributed by atoms with E-state index < -0.39 is 5.97 Å². The number of morpholine rings is 1. The lowest BCUT2D eigenvalue weighted by atomic mass is 10.1. The van der Waals surface area contributed by atoms with Gasteiger partial charge in [-0.25, -0.2) is 15.0 Å². The lowest BCUT2D eigenvalue weighted by Crippen LogP contribution is -2.45. The number of ether oxygens (including phenoxy) is 1. The van der Waals surface area contributed by atoms with Gasteiger partial charge >= 0.3 is 12.0 Å². The van der Waals surface area contributed by atoms with Gasteiger partial charge in [0, 0.05) is 30.1 Å². The number of carboxylic acids is 1. The molecule has 2 aliphatic heterocycles. The average molecular weight is 553 g/mol. The highest BCUT2D eigenvalue weighted by Crippen LogP contribution is 2.34. The first kappa shape index (κ1) is 28.6. The Morgan fingerprint density at radius 3 is 2.54 bits per heavy atom. The van der Waals surface area contributed by atoms with E-state index in [0.29, 0.717) is 38.4 Å². The van der Waals surface area contributed by atoms with E-state index in [-0.39, 0.29) is 17.6 Å². The molecule has 2 aromatic carbocycles. The van der Waals surface area contributed by atoms with Crippen LogP contribution in [0.15, 0.2) is 52.5 Å². The van der Waals surface area contributed by atoms with E-state index >= 15 is 0 Å². The minimum atomic E-state index is -0.921. The number of urea groups is 1. The van der Waals surface area contributed by atoms with Crippen LogP contribution in [0.5, 0.6) is 0 Å². The van der Waals surface area contributed by atoms with Gasteiger partial charge in [-0.05, 0) is 60.9 Å². The van der Waals surface area contributed by atoms with Crippen molar-refractivity contribution in [3.8, 4) is 0 Å². The number of amides is 3. The number of nitrogens with zero attached hydrogens (tertiary/aromatic N) is 3. The first-order valence-electron chi connectivity index (χ1n) is 13.6. The Bertz CT molecular complexity index is 1190. The Kier molecular flexibility index (Phi) is 10.4. The minimum absolute atomic E-state index is 0.185. The van der Waals surface area contributed by atoms with E-state index in [1.807, 2.05) is 30.3 Å². The highest BCUT2D eigenvalue weighted by molar-refractivity contribution is 7.99. The number of carbonyl (C=O) groups is 3. The Hall–Kier alpha value is -3.37. The molecule has 2 aliphatic rings. The van der Waals surface area contributed by atoms with Crippen molar-refractivity contribution in [3.63, 3.8) is 0 Å². The molecule has 0 spiro atoms. The average Bonchev–Trinajstić information content (AvgIpc) is 3.22. The standard InChI is InChI=1S/C29H36N4O5S/c1-2-3-4-5-14-33-25-13-12-23(39-19-6-7-21-8-10-22(11-9-21)28(35)36)20-24(25)26(27(33)34)30-31-29(37)32-15-17-38-18-16-32/h8-13,20H,2-7,14-19H2,1H3,(H,31,37)(H,35,36). The third-order valence-corrected chi connectivity index (χ3v) is 7.92. The number of benzene rings is 2. The molecule has 0 aromatic heterocycles. The van der Waals surface area contributed by atoms with Gasteiger partial charge in [0.25, 0.3) is 5.91 Å². The molecule has 2 aromatic rings. The predicted octanol–water partition coefficient (Wildman–Crippen LogP) is 4.78. The molecule has 0 aliphatic carbocycles. The number of anilines is 1. The maximum absolute atomic E-state index is 13.4. The molecule has 9 nitrogen and oxygen atoms in total. The number of nitrogens with one attached hydrogen (secondary N) is 1. The van der Waals surface area contributed by atoms with Crippen molar-refractivity contribution in [1.82, 2.24) is 10.3 Å². The fourth-order valence-electron chi connectivity index (χ4n) is 4.63. The smallest absolute Gasteiger partial charge is 0.337 e. The molecular formula is C29H36N4O5S. The number of carbonyl (C=O) groups excluding carboxylic acids is 2. The van der Waals surface area contributed by atoms with Gasteiger partial charge < -0.3 is 19.6 Å². The monoisotopic (exact) mass is 552 g/mol. The number of thioether (sulfide) groups is 1. The molecule has 0 saturated carbocycles. The topological polar surface area (TPSA) is 112 Å². The van der Waals surface area contributed by atoms with Crippen molar-refractivity contribution in [3.05, 3.63) is 59.2 Å². The number of fused-ring (bicyclic) bond motifs is 1. The molecule has 3 amide bonds. The zero-order valence-corrected chi connectivity index (χ0v) is 23.2. The number of hydrogen-bond donors (Lipinski definition) is 2. The molecule has 2 N–H and O–H groups in total. The van der Waals surface area contributed by atoms with Crippen LogP contribution in [-0.4, -0.2) is 72.2 Å². The van der Waals surface area contributed by atoms with Crippen molar-refractivity contribution in [2.75, 3.05) is 43.5 Å². The largest absolute Gasteiger partial charge is 0.478 e.